The van der Waals surface area contributed by atoms with E-state index in [4.69, 9.17) is 4.74 Å². The molecule has 0 atom stereocenters. The van der Waals surface area contributed by atoms with E-state index in [0.717, 1.165) is 30.5 Å². The van der Waals surface area contributed by atoms with Crippen LogP contribution in [0.3, 0.4) is 0 Å². The van der Waals surface area contributed by atoms with E-state index in [1.807, 2.05) is 32.0 Å². The number of carbonyl (C=O) groups is 1. The van der Waals surface area contributed by atoms with Crippen LogP contribution in [0.1, 0.15) is 29.8 Å². The van der Waals surface area contributed by atoms with Crippen LogP contribution in [0.4, 0.5) is 10.2 Å². The Morgan fingerprint density at radius 2 is 1.85 bits per heavy atom. The molecule has 174 valence electrons. The maximum atomic E-state index is 14.9. The first kappa shape index (κ1) is 22.0. The molecule has 3 heterocycles. The van der Waals surface area contributed by atoms with Crippen molar-refractivity contribution in [1.29, 1.82) is 0 Å². The number of anilines is 1. The number of pyridine rings is 2. The number of morpholine rings is 1. The number of nitrogens with one attached hydrogen (secondary N) is 2. The van der Waals surface area contributed by atoms with Crippen LogP contribution in [0.2, 0.25) is 0 Å². The van der Waals surface area contributed by atoms with Crippen molar-refractivity contribution in [3.8, 4) is 0 Å². The minimum atomic E-state index is -0.800. The number of aromatic amines is 1. The van der Waals surface area contributed by atoms with E-state index in [1.165, 1.54) is 6.07 Å². The molecule has 0 spiro atoms. The Hall–Kier alpha value is -3.78. The predicted molar refractivity (Wildman–Crippen MR) is 130 cm³/mol. The van der Waals surface area contributed by atoms with Gasteiger partial charge >= 0.3 is 0 Å². The molecule has 0 radical (unpaired) electrons. The van der Waals surface area contributed by atoms with E-state index in [0.29, 0.717) is 29.6 Å². The number of hydrogen-bond acceptors (Lipinski definition) is 5. The highest BCUT2D eigenvalue weighted by Crippen LogP contribution is 2.24. The molecule has 0 unspecified atom stereocenters. The summed E-state index contributed by atoms with van der Waals surface area (Å²) in [6.45, 7) is 6.58. The standard InChI is InChI=1S/C26H25FN4O3/c1-26(2,16-7-8-23(28-15-16)31-9-11-34-12-10-31)30-25(33)18-14-22-19(13-20(18)27)24(32)17-5-3-4-6-21(17)29-22/h3-8,13-15H,9-12H2,1-2H3,(H,29,32)(H,30,33). The molecular formula is C26H25FN4O3. The summed E-state index contributed by atoms with van der Waals surface area (Å²) >= 11 is 0. The Morgan fingerprint density at radius 1 is 1.09 bits per heavy atom. The summed E-state index contributed by atoms with van der Waals surface area (Å²) < 4.78 is 20.3. The van der Waals surface area contributed by atoms with Crippen molar-refractivity contribution in [2.45, 2.75) is 19.4 Å². The third-order valence-corrected chi connectivity index (χ3v) is 6.27. The van der Waals surface area contributed by atoms with Gasteiger partial charge in [0.15, 0.2) is 5.43 Å². The number of carbonyl (C=O) groups excluding carboxylic acids is 1. The zero-order valence-corrected chi connectivity index (χ0v) is 19.0. The molecule has 7 nitrogen and oxygen atoms in total. The van der Waals surface area contributed by atoms with Gasteiger partial charge in [0.1, 0.15) is 11.6 Å². The lowest BCUT2D eigenvalue weighted by atomic mass is 9.95. The second-order valence-electron chi connectivity index (χ2n) is 8.96. The second kappa shape index (κ2) is 8.53. The van der Waals surface area contributed by atoms with Crippen molar-refractivity contribution in [3.63, 3.8) is 0 Å². The number of rotatable bonds is 4. The molecule has 0 saturated carbocycles. The fourth-order valence-electron chi connectivity index (χ4n) is 4.28. The van der Waals surface area contributed by atoms with Crippen LogP contribution in [-0.4, -0.2) is 42.2 Å². The second-order valence-corrected chi connectivity index (χ2v) is 8.96. The molecule has 1 saturated heterocycles. The third-order valence-electron chi connectivity index (χ3n) is 6.27. The Morgan fingerprint density at radius 3 is 2.59 bits per heavy atom. The Labute approximate surface area is 195 Å². The Bertz CT molecular complexity index is 1440. The molecule has 34 heavy (non-hydrogen) atoms. The van der Waals surface area contributed by atoms with Crippen LogP contribution in [0, 0.1) is 5.82 Å². The van der Waals surface area contributed by atoms with E-state index < -0.39 is 17.3 Å². The SMILES string of the molecule is CC(C)(NC(=O)c1cc2[nH]c3ccccc3c(=O)c2cc1F)c1ccc(N2CCOCC2)nc1. The summed E-state index contributed by atoms with van der Waals surface area (Å²) in [5.74, 6) is -0.469. The van der Waals surface area contributed by atoms with Crippen molar-refractivity contribution < 1.29 is 13.9 Å². The number of amides is 1. The number of benzene rings is 2. The summed E-state index contributed by atoms with van der Waals surface area (Å²) in [6, 6.07) is 13.4. The van der Waals surface area contributed by atoms with Crippen molar-refractivity contribution >= 4 is 33.5 Å². The first-order valence-corrected chi connectivity index (χ1v) is 11.2. The quantitative estimate of drug-likeness (QED) is 0.454. The van der Waals surface area contributed by atoms with Gasteiger partial charge in [0.25, 0.3) is 5.91 Å². The van der Waals surface area contributed by atoms with Crippen LogP contribution in [0.5, 0.6) is 0 Å². The highest BCUT2D eigenvalue weighted by atomic mass is 19.1. The molecule has 2 aromatic carbocycles. The van der Waals surface area contributed by atoms with Gasteiger partial charge in [-0.3, -0.25) is 9.59 Å². The summed E-state index contributed by atoms with van der Waals surface area (Å²) in [5.41, 5.74) is 0.616. The van der Waals surface area contributed by atoms with Crippen LogP contribution in [0.15, 0.2) is 59.5 Å². The molecule has 1 aliphatic heterocycles. The average molecular weight is 461 g/mol. The average Bonchev–Trinajstić information content (AvgIpc) is 2.85. The van der Waals surface area contributed by atoms with Crippen LogP contribution >= 0.6 is 0 Å². The van der Waals surface area contributed by atoms with E-state index in [1.54, 1.807) is 24.4 Å². The van der Waals surface area contributed by atoms with Gasteiger partial charge in [-0.15, -0.1) is 0 Å². The molecule has 0 bridgehead atoms. The maximum Gasteiger partial charge on any atom is 0.255 e. The lowest BCUT2D eigenvalue weighted by Crippen LogP contribution is -2.41. The number of halogens is 1. The van der Waals surface area contributed by atoms with Crippen LogP contribution in [-0.2, 0) is 10.3 Å². The van der Waals surface area contributed by atoms with E-state index in [9.17, 15) is 14.0 Å². The molecule has 2 N–H and O–H groups in total. The van der Waals surface area contributed by atoms with Crippen LogP contribution < -0.4 is 15.6 Å². The topological polar surface area (TPSA) is 87.3 Å². The molecule has 4 aromatic rings. The molecule has 1 fully saturated rings. The Kier molecular flexibility index (Phi) is 5.53. The molecule has 2 aromatic heterocycles. The Balaban J connectivity index is 1.42. The number of ether oxygens (including phenoxy) is 1. The van der Waals surface area contributed by atoms with E-state index in [2.05, 4.69) is 20.2 Å². The molecule has 1 amide bonds. The van der Waals surface area contributed by atoms with Crippen LogP contribution in [0.25, 0.3) is 21.8 Å². The first-order valence-electron chi connectivity index (χ1n) is 11.2. The summed E-state index contributed by atoms with van der Waals surface area (Å²) in [4.78, 5) is 35.7. The van der Waals surface area contributed by atoms with Crippen molar-refractivity contribution in [3.05, 3.63) is 81.9 Å². The van der Waals surface area contributed by atoms with Gasteiger partial charge in [-0.2, -0.15) is 0 Å². The summed E-state index contributed by atoms with van der Waals surface area (Å²) in [5, 5.41) is 3.58. The van der Waals surface area contributed by atoms with Gasteiger partial charge < -0.3 is 19.9 Å². The normalized spacial score (nSPS) is 14.5. The van der Waals surface area contributed by atoms with Gasteiger partial charge in [-0.25, -0.2) is 9.37 Å². The molecular weight excluding hydrogens is 435 g/mol. The third kappa shape index (κ3) is 4.01. The maximum absolute atomic E-state index is 14.9. The van der Waals surface area contributed by atoms with Gasteiger partial charge in [-0.05, 0) is 49.7 Å². The zero-order valence-electron chi connectivity index (χ0n) is 19.0. The minimum Gasteiger partial charge on any atom is -0.378 e. The van der Waals surface area contributed by atoms with Gasteiger partial charge in [0, 0.05) is 35.6 Å². The molecule has 8 heteroatoms. The largest absolute Gasteiger partial charge is 0.378 e. The monoisotopic (exact) mass is 460 g/mol. The minimum absolute atomic E-state index is 0.135. The molecule has 1 aliphatic rings. The van der Waals surface area contributed by atoms with Crippen molar-refractivity contribution in [2.75, 3.05) is 31.2 Å². The molecule has 0 aliphatic carbocycles. The zero-order chi connectivity index (χ0) is 23.9. The van der Waals surface area contributed by atoms with Gasteiger partial charge in [-0.1, -0.05) is 18.2 Å². The predicted octanol–water partition coefficient (Wildman–Crippen LogP) is 3.72. The van der Waals surface area contributed by atoms with Gasteiger partial charge in [0.2, 0.25) is 0 Å². The van der Waals surface area contributed by atoms with E-state index >= 15 is 0 Å². The molecule has 5 rings (SSSR count). The number of aromatic nitrogens is 2. The summed E-state index contributed by atoms with van der Waals surface area (Å²) in [7, 11) is 0. The highest BCUT2D eigenvalue weighted by Gasteiger charge is 2.26. The number of H-pyrrole nitrogens is 1. The van der Waals surface area contributed by atoms with Crippen molar-refractivity contribution in [1.82, 2.24) is 15.3 Å². The first-order chi connectivity index (χ1) is 16.3. The smallest absolute Gasteiger partial charge is 0.255 e. The number of para-hydroxylation sites is 1. The number of nitrogens with zero attached hydrogens (tertiary/aromatic N) is 2. The highest BCUT2D eigenvalue weighted by molar-refractivity contribution is 6.00. The van der Waals surface area contributed by atoms with Gasteiger partial charge in [0.05, 0.1) is 29.8 Å². The lowest BCUT2D eigenvalue weighted by molar-refractivity contribution is 0.0908. The fraction of sp³-hybridized carbons (Fsp3) is 0.269. The summed E-state index contributed by atoms with van der Waals surface area (Å²) in [6.07, 6.45) is 1.73. The van der Waals surface area contributed by atoms with E-state index in [-0.39, 0.29) is 16.4 Å². The number of hydrogen-bond donors (Lipinski definition) is 2. The fourth-order valence-corrected chi connectivity index (χ4v) is 4.28. The lowest BCUT2D eigenvalue weighted by Gasteiger charge is -2.30. The number of fused-ring (bicyclic) bond motifs is 2. The van der Waals surface area contributed by atoms with Crippen molar-refractivity contribution in [2.24, 2.45) is 0 Å².